The van der Waals surface area contributed by atoms with Gasteiger partial charge in [-0.15, -0.1) is 0 Å². The van der Waals surface area contributed by atoms with Gasteiger partial charge < -0.3 is 11.1 Å². The van der Waals surface area contributed by atoms with Gasteiger partial charge in [0, 0.05) is 5.69 Å². The van der Waals surface area contributed by atoms with E-state index in [1.807, 2.05) is 31.2 Å². The molecule has 0 radical (unpaired) electrons. The minimum absolute atomic E-state index is 0.0965. The third-order valence-corrected chi connectivity index (χ3v) is 4.21. The summed E-state index contributed by atoms with van der Waals surface area (Å²) >= 11 is 5.01. The van der Waals surface area contributed by atoms with E-state index in [-0.39, 0.29) is 16.3 Å². The highest BCUT2D eigenvalue weighted by atomic mass is 32.1. The SMILES string of the molecule is CCC(C)(C(=O)Nc1ccc(C(C)(C)C)cc1)C(N)=S. The van der Waals surface area contributed by atoms with Gasteiger partial charge in [-0.2, -0.15) is 0 Å². The lowest BCUT2D eigenvalue weighted by Crippen LogP contribution is -2.43. The Kier molecular flexibility index (Phi) is 4.92. The van der Waals surface area contributed by atoms with Crippen LogP contribution in [0, 0.1) is 5.41 Å². The van der Waals surface area contributed by atoms with Crippen LogP contribution in [0.5, 0.6) is 0 Å². The van der Waals surface area contributed by atoms with Crippen LogP contribution < -0.4 is 11.1 Å². The standard InChI is InChI=1S/C16H24N2OS/c1-6-16(5,13(17)20)14(19)18-12-9-7-11(8-10-12)15(2,3)4/h7-10H,6H2,1-5H3,(H2,17,20)(H,18,19). The molecule has 1 amide bonds. The van der Waals surface area contributed by atoms with Gasteiger partial charge in [0.05, 0.1) is 10.4 Å². The van der Waals surface area contributed by atoms with E-state index in [9.17, 15) is 4.79 Å². The molecule has 0 aliphatic carbocycles. The van der Waals surface area contributed by atoms with Crippen LogP contribution in [-0.2, 0) is 10.2 Å². The van der Waals surface area contributed by atoms with Gasteiger partial charge in [0.1, 0.15) is 0 Å². The molecule has 3 nitrogen and oxygen atoms in total. The minimum atomic E-state index is -0.808. The van der Waals surface area contributed by atoms with E-state index in [2.05, 4.69) is 26.1 Å². The lowest BCUT2D eigenvalue weighted by Gasteiger charge is -2.25. The van der Waals surface area contributed by atoms with Crippen molar-refractivity contribution in [1.82, 2.24) is 0 Å². The normalized spacial score (nSPS) is 14.4. The maximum absolute atomic E-state index is 12.3. The summed E-state index contributed by atoms with van der Waals surface area (Å²) in [5.74, 6) is -0.156. The summed E-state index contributed by atoms with van der Waals surface area (Å²) in [6.45, 7) is 10.1. The summed E-state index contributed by atoms with van der Waals surface area (Å²) in [5, 5.41) is 2.89. The number of thiocarbonyl (C=S) groups is 1. The molecule has 1 aromatic rings. The zero-order valence-electron chi connectivity index (χ0n) is 12.9. The molecule has 0 aliphatic rings. The van der Waals surface area contributed by atoms with Crippen molar-refractivity contribution >= 4 is 28.8 Å². The number of rotatable bonds is 4. The third-order valence-electron chi connectivity index (χ3n) is 3.76. The first-order valence-corrected chi connectivity index (χ1v) is 7.24. The van der Waals surface area contributed by atoms with Gasteiger partial charge in [0.25, 0.3) is 0 Å². The summed E-state index contributed by atoms with van der Waals surface area (Å²) in [4.78, 5) is 12.5. The average Bonchev–Trinajstić information content (AvgIpc) is 2.36. The summed E-state index contributed by atoms with van der Waals surface area (Å²) in [6, 6.07) is 7.88. The van der Waals surface area contributed by atoms with Crippen molar-refractivity contribution < 1.29 is 4.79 Å². The van der Waals surface area contributed by atoms with Gasteiger partial charge >= 0.3 is 0 Å². The van der Waals surface area contributed by atoms with Crippen LogP contribution in [0.1, 0.15) is 46.6 Å². The van der Waals surface area contributed by atoms with Crippen molar-refractivity contribution in [2.75, 3.05) is 5.32 Å². The van der Waals surface area contributed by atoms with Crippen LogP contribution in [0.4, 0.5) is 5.69 Å². The molecule has 1 atom stereocenters. The number of anilines is 1. The zero-order chi connectivity index (χ0) is 15.6. The van der Waals surface area contributed by atoms with E-state index in [0.29, 0.717) is 6.42 Å². The molecule has 3 N–H and O–H groups in total. The lowest BCUT2D eigenvalue weighted by atomic mass is 9.86. The van der Waals surface area contributed by atoms with Gasteiger partial charge in [0.2, 0.25) is 5.91 Å². The van der Waals surface area contributed by atoms with E-state index in [1.165, 1.54) is 5.56 Å². The Morgan fingerprint density at radius 1 is 1.20 bits per heavy atom. The van der Waals surface area contributed by atoms with Crippen molar-refractivity contribution in [3.05, 3.63) is 29.8 Å². The maximum atomic E-state index is 12.3. The van der Waals surface area contributed by atoms with Gasteiger partial charge in [-0.1, -0.05) is 52.0 Å². The quantitative estimate of drug-likeness (QED) is 0.833. The number of benzene rings is 1. The number of carbonyl (C=O) groups excluding carboxylic acids is 1. The predicted molar refractivity (Wildman–Crippen MR) is 89.0 cm³/mol. The molecule has 0 bridgehead atoms. The van der Waals surface area contributed by atoms with Crippen LogP contribution in [0.2, 0.25) is 0 Å². The van der Waals surface area contributed by atoms with Crippen LogP contribution >= 0.6 is 12.2 Å². The van der Waals surface area contributed by atoms with Gasteiger partial charge in [-0.3, -0.25) is 4.79 Å². The van der Waals surface area contributed by atoms with E-state index < -0.39 is 5.41 Å². The molecular weight excluding hydrogens is 268 g/mol. The van der Waals surface area contributed by atoms with Crippen molar-refractivity contribution in [3.63, 3.8) is 0 Å². The van der Waals surface area contributed by atoms with E-state index in [0.717, 1.165) is 5.69 Å². The van der Waals surface area contributed by atoms with Crippen LogP contribution in [0.15, 0.2) is 24.3 Å². The first-order chi connectivity index (χ1) is 9.11. The topological polar surface area (TPSA) is 55.1 Å². The van der Waals surface area contributed by atoms with Crippen LogP contribution in [0.25, 0.3) is 0 Å². The second kappa shape index (κ2) is 5.92. The molecule has 110 valence electrons. The van der Waals surface area contributed by atoms with Crippen LogP contribution in [0.3, 0.4) is 0 Å². The lowest BCUT2D eigenvalue weighted by molar-refractivity contribution is -0.121. The zero-order valence-corrected chi connectivity index (χ0v) is 13.7. The molecule has 0 aliphatic heterocycles. The number of nitrogens with two attached hydrogens (primary N) is 1. The van der Waals surface area contributed by atoms with Crippen LogP contribution in [-0.4, -0.2) is 10.9 Å². The van der Waals surface area contributed by atoms with Gasteiger partial charge in [-0.05, 0) is 36.5 Å². The molecule has 4 heteroatoms. The fraction of sp³-hybridized carbons (Fsp3) is 0.500. The fourth-order valence-corrected chi connectivity index (χ4v) is 2.01. The highest BCUT2D eigenvalue weighted by Crippen LogP contribution is 2.26. The number of nitrogens with one attached hydrogen (secondary N) is 1. The number of hydrogen-bond acceptors (Lipinski definition) is 2. The summed E-state index contributed by atoms with van der Waals surface area (Å²) in [7, 11) is 0. The number of amides is 1. The van der Waals surface area contributed by atoms with E-state index >= 15 is 0 Å². The smallest absolute Gasteiger partial charge is 0.237 e. The van der Waals surface area contributed by atoms with Crippen molar-refractivity contribution in [3.8, 4) is 0 Å². The molecule has 0 saturated heterocycles. The summed E-state index contributed by atoms with van der Waals surface area (Å²) < 4.78 is 0. The molecule has 1 unspecified atom stereocenters. The second-order valence-corrected chi connectivity index (χ2v) is 6.77. The fourth-order valence-electron chi connectivity index (χ4n) is 1.77. The first-order valence-electron chi connectivity index (χ1n) is 6.83. The molecule has 0 heterocycles. The van der Waals surface area contributed by atoms with E-state index in [4.69, 9.17) is 18.0 Å². The molecular formula is C16H24N2OS. The van der Waals surface area contributed by atoms with Crippen molar-refractivity contribution in [2.45, 2.75) is 46.5 Å². The van der Waals surface area contributed by atoms with E-state index in [1.54, 1.807) is 6.92 Å². The van der Waals surface area contributed by atoms with Gasteiger partial charge in [-0.25, -0.2) is 0 Å². The maximum Gasteiger partial charge on any atom is 0.237 e. The molecule has 0 aromatic heterocycles. The Bertz CT molecular complexity index is 502. The Morgan fingerprint density at radius 3 is 2.05 bits per heavy atom. The molecule has 1 aromatic carbocycles. The third kappa shape index (κ3) is 3.57. The number of hydrogen-bond donors (Lipinski definition) is 2. The first kappa shape index (κ1) is 16.6. The highest BCUT2D eigenvalue weighted by Gasteiger charge is 2.34. The summed E-state index contributed by atoms with van der Waals surface area (Å²) in [6.07, 6.45) is 0.578. The molecule has 0 spiro atoms. The van der Waals surface area contributed by atoms with Crippen molar-refractivity contribution in [2.24, 2.45) is 11.1 Å². The molecule has 0 saturated carbocycles. The van der Waals surface area contributed by atoms with Crippen molar-refractivity contribution in [1.29, 1.82) is 0 Å². The Labute approximate surface area is 126 Å². The minimum Gasteiger partial charge on any atom is -0.392 e. The van der Waals surface area contributed by atoms with Gasteiger partial charge in [0.15, 0.2) is 0 Å². The predicted octanol–water partition coefficient (Wildman–Crippen LogP) is 3.63. The Balaban J connectivity index is 2.89. The Hall–Kier alpha value is -1.42. The number of carbonyl (C=O) groups is 1. The highest BCUT2D eigenvalue weighted by molar-refractivity contribution is 7.80. The largest absolute Gasteiger partial charge is 0.392 e. The molecule has 0 fully saturated rings. The second-order valence-electron chi connectivity index (χ2n) is 6.33. The molecule has 1 rings (SSSR count). The Morgan fingerprint density at radius 2 is 1.70 bits per heavy atom. The molecule has 20 heavy (non-hydrogen) atoms. The monoisotopic (exact) mass is 292 g/mol. The summed E-state index contributed by atoms with van der Waals surface area (Å²) in [5.41, 5.74) is 6.96. The average molecular weight is 292 g/mol.